The molecule has 0 radical (unpaired) electrons. The summed E-state index contributed by atoms with van der Waals surface area (Å²) in [5, 5.41) is 5.17. The number of hydrogen-bond acceptors (Lipinski definition) is 6. The Labute approximate surface area is 186 Å². The Morgan fingerprint density at radius 2 is 1.78 bits per heavy atom. The second kappa shape index (κ2) is 7.43. The second-order valence-corrected chi connectivity index (χ2v) is 9.87. The van der Waals surface area contributed by atoms with Crippen LogP contribution in [0.15, 0.2) is 59.6 Å². The molecule has 2 heterocycles. The number of ketones is 1. The lowest BCUT2D eigenvalue weighted by Crippen LogP contribution is -2.23. The zero-order valence-electron chi connectivity index (χ0n) is 17.5. The van der Waals surface area contributed by atoms with Crippen LogP contribution in [0.4, 0.5) is 0 Å². The predicted octanol–water partition coefficient (Wildman–Crippen LogP) is 3.28. The fourth-order valence-electron chi connectivity index (χ4n) is 4.22. The molecule has 1 aliphatic heterocycles. The van der Waals surface area contributed by atoms with Crippen LogP contribution < -0.4 is 14.6 Å². The summed E-state index contributed by atoms with van der Waals surface area (Å²) in [5.41, 5.74) is 3.87. The fourth-order valence-corrected chi connectivity index (χ4v) is 4.73. The number of aryl methyl sites for hydroxylation is 1. The molecule has 0 bridgehead atoms. The van der Waals surface area contributed by atoms with Gasteiger partial charge in [-0.25, -0.2) is 13.6 Å². The van der Waals surface area contributed by atoms with Gasteiger partial charge in [0.1, 0.15) is 5.78 Å². The Morgan fingerprint density at radius 3 is 2.44 bits per heavy atom. The molecule has 164 valence electrons. The Bertz CT molecular complexity index is 1330. The third-order valence-corrected chi connectivity index (χ3v) is 7.14. The standard InChI is InChI=1S/C24H22N2O5S/c1-15-10-18(26-13-20(15)16-2-5-19(6-3-16)32(25,28)29)12-23(27)24(8-9-24)17-4-7-21-22(11-17)31-14-30-21/h2-7,10-11,13H,8-9,12,14H2,1H3,(H2,25,28,29). The first-order valence-electron chi connectivity index (χ1n) is 10.3. The number of nitrogens with two attached hydrogens (primary N) is 1. The average Bonchev–Trinajstić information content (AvgIpc) is 3.44. The van der Waals surface area contributed by atoms with Gasteiger partial charge in [0.05, 0.1) is 10.3 Å². The van der Waals surface area contributed by atoms with E-state index in [2.05, 4.69) is 4.98 Å². The fraction of sp³-hybridized carbons (Fsp3) is 0.250. The average molecular weight is 451 g/mol. The molecule has 1 fully saturated rings. The molecule has 1 saturated carbocycles. The topological polar surface area (TPSA) is 109 Å². The largest absolute Gasteiger partial charge is 0.454 e. The minimum absolute atomic E-state index is 0.0623. The molecule has 8 heteroatoms. The summed E-state index contributed by atoms with van der Waals surface area (Å²) in [7, 11) is -3.73. The SMILES string of the molecule is Cc1cc(CC(=O)C2(c3ccc4c(c3)OCO4)CC2)ncc1-c1ccc(S(N)(=O)=O)cc1. The number of fused-ring (bicyclic) bond motifs is 1. The molecule has 32 heavy (non-hydrogen) atoms. The molecule has 0 unspecified atom stereocenters. The zero-order valence-corrected chi connectivity index (χ0v) is 18.3. The van der Waals surface area contributed by atoms with E-state index in [4.69, 9.17) is 14.6 Å². The van der Waals surface area contributed by atoms with Gasteiger partial charge in [-0.05, 0) is 66.8 Å². The maximum atomic E-state index is 13.2. The van der Waals surface area contributed by atoms with Gasteiger partial charge < -0.3 is 9.47 Å². The van der Waals surface area contributed by atoms with Crippen molar-refractivity contribution in [2.45, 2.75) is 36.5 Å². The molecular formula is C24H22N2O5S. The molecule has 2 N–H and O–H groups in total. The Hall–Kier alpha value is -3.23. The predicted molar refractivity (Wildman–Crippen MR) is 118 cm³/mol. The third-order valence-electron chi connectivity index (χ3n) is 6.21. The van der Waals surface area contributed by atoms with Crippen LogP contribution in [-0.2, 0) is 26.7 Å². The normalized spacial score (nSPS) is 16.1. The summed E-state index contributed by atoms with van der Waals surface area (Å²) < 4.78 is 33.8. The van der Waals surface area contributed by atoms with Crippen LogP contribution >= 0.6 is 0 Å². The van der Waals surface area contributed by atoms with E-state index in [9.17, 15) is 13.2 Å². The van der Waals surface area contributed by atoms with Crippen molar-refractivity contribution in [2.75, 3.05) is 6.79 Å². The summed E-state index contributed by atoms with van der Waals surface area (Å²) >= 11 is 0. The van der Waals surface area contributed by atoms with Crippen molar-refractivity contribution in [3.05, 3.63) is 71.5 Å². The van der Waals surface area contributed by atoms with Crippen LogP contribution in [0.25, 0.3) is 11.1 Å². The molecule has 1 aliphatic carbocycles. The van der Waals surface area contributed by atoms with Crippen molar-refractivity contribution in [3.63, 3.8) is 0 Å². The first kappa shape index (κ1) is 20.7. The molecule has 7 nitrogen and oxygen atoms in total. The number of sulfonamides is 1. The summed E-state index contributed by atoms with van der Waals surface area (Å²) in [6.45, 7) is 2.16. The van der Waals surface area contributed by atoms with Gasteiger partial charge in [0.25, 0.3) is 0 Å². The second-order valence-electron chi connectivity index (χ2n) is 8.31. The molecule has 0 spiro atoms. The highest BCUT2D eigenvalue weighted by Gasteiger charge is 2.51. The number of aromatic nitrogens is 1. The van der Waals surface area contributed by atoms with Gasteiger partial charge >= 0.3 is 0 Å². The highest BCUT2D eigenvalue weighted by atomic mass is 32.2. The number of primary sulfonamides is 1. The Balaban J connectivity index is 1.35. The molecular weight excluding hydrogens is 428 g/mol. The van der Waals surface area contributed by atoms with E-state index < -0.39 is 15.4 Å². The zero-order chi connectivity index (χ0) is 22.5. The van der Waals surface area contributed by atoms with Crippen molar-refractivity contribution < 1.29 is 22.7 Å². The van der Waals surface area contributed by atoms with Crippen molar-refractivity contribution in [2.24, 2.45) is 5.14 Å². The third kappa shape index (κ3) is 3.65. The van der Waals surface area contributed by atoms with Crippen LogP contribution in [0.2, 0.25) is 0 Å². The summed E-state index contributed by atoms with van der Waals surface area (Å²) in [6.07, 6.45) is 3.61. The van der Waals surface area contributed by atoms with Crippen LogP contribution in [0.3, 0.4) is 0 Å². The summed E-state index contributed by atoms with van der Waals surface area (Å²) in [6, 6.07) is 14.0. The molecule has 2 aromatic carbocycles. The number of carbonyl (C=O) groups excluding carboxylic acids is 1. The van der Waals surface area contributed by atoms with E-state index in [-0.39, 0.29) is 23.9 Å². The number of pyridine rings is 1. The van der Waals surface area contributed by atoms with Gasteiger partial charge in [-0.3, -0.25) is 9.78 Å². The smallest absolute Gasteiger partial charge is 0.238 e. The maximum absolute atomic E-state index is 13.2. The first-order valence-corrected chi connectivity index (χ1v) is 11.8. The van der Waals surface area contributed by atoms with Gasteiger partial charge in [-0.1, -0.05) is 18.2 Å². The van der Waals surface area contributed by atoms with Crippen molar-refractivity contribution >= 4 is 15.8 Å². The quantitative estimate of drug-likeness (QED) is 0.617. The lowest BCUT2D eigenvalue weighted by atomic mass is 9.88. The summed E-state index contributed by atoms with van der Waals surface area (Å²) in [4.78, 5) is 17.8. The lowest BCUT2D eigenvalue weighted by molar-refractivity contribution is -0.120. The molecule has 5 rings (SSSR count). The molecule has 1 aromatic heterocycles. The van der Waals surface area contributed by atoms with E-state index >= 15 is 0 Å². The monoisotopic (exact) mass is 450 g/mol. The van der Waals surface area contributed by atoms with Gasteiger partial charge in [-0.2, -0.15) is 0 Å². The highest BCUT2D eigenvalue weighted by molar-refractivity contribution is 7.89. The minimum atomic E-state index is -3.73. The Morgan fingerprint density at radius 1 is 1.06 bits per heavy atom. The number of Topliss-reactive ketones (excluding diaryl/α,β-unsaturated/α-hetero) is 1. The van der Waals surface area contributed by atoms with E-state index in [1.54, 1.807) is 18.3 Å². The highest BCUT2D eigenvalue weighted by Crippen LogP contribution is 2.51. The molecule has 2 aliphatic rings. The van der Waals surface area contributed by atoms with Crippen molar-refractivity contribution in [1.82, 2.24) is 4.98 Å². The first-order chi connectivity index (χ1) is 15.3. The lowest BCUT2D eigenvalue weighted by Gasteiger charge is -2.15. The Kier molecular flexibility index (Phi) is 4.79. The van der Waals surface area contributed by atoms with E-state index in [1.165, 1.54) is 12.1 Å². The van der Waals surface area contributed by atoms with Crippen LogP contribution in [0.5, 0.6) is 11.5 Å². The van der Waals surface area contributed by atoms with Crippen LogP contribution in [0.1, 0.15) is 29.7 Å². The molecule has 0 atom stereocenters. The van der Waals surface area contributed by atoms with E-state index in [1.807, 2.05) is 31.2 Å². The number of hydrogen-bond donors (Lipinski definition) is 1. The number of nitrogens with zero attached hydrogens (tertiary/aromatic N) is 1. The molecule has 0 saturated heterocycles. The van der Waals surface area contributed by atoms with Gasteiger partial charge in [0.2, 0.25) is 16.8 Å². The van der Waals surface area contributed by atoms with Crippen LogP contribution in [-0.4, -0.2) is 26.0 Å². The van der Waals surface area contributed by atoms with E-state index in [0.29, 0.717) is 17.2 Å². The molecule has 3 aromatic rings. The van der Waals surface area contributed by atoms with Gasteiger partial charge in [0, 0.05) is 23.9 Å². The number of ether oxygens (including phenoxy) is 2. The number of carbonyl (C=O) groups is 1. The van der Waals surface area contributed by atoms with Crippen LogP contribution in [0, 0.1) is 6.92 Å². The molecule has 0 amide bonds. The number of benzene rings is 2. The van der Waals surface area contributed by atoms with Gasteiger partial charge in [-0.15, -0.1) is 0 Å². The minimum Gasteiger partial charge on any atom is -0.454 e. The van der Waals surface area contributed by atoms with Crippen molar-refractivity contribution in [1.29, 1.82) is 0 Å². The maximum Gasteiger partial charge on any atom is 0.238 e. The van der Waals surface area contributed by atoms with Gasteiger partial charge in [0.15, 0.2) is 11.5 Å². The van der Waals surface area contributed by atoms with Crippen molar-refractivity contribution in [3.8, 4) is 22.6 Å². The van der Waals surface area contributed by atoms with E-state index in [0.717, 1.165) is 35.1 Å². The number of rotatable bonds is 6. The summed E-state index contributed by atoms with van der Waals surface area (Å²) in [5.74, 6) is 1.55.